The third kappa shape index (κ3) is 3.51. The van der Waals surface area contributed by atoms with E-state index in [1.54, 1.807) is 17.0 Å². The predicted molar refractivity (Wildman–Crippen MR) is 80.3 cm³/mol. The molecule has 1 aromatic rings. The average molecular weight is 290 g/mol. The van der Waals surface area contributed by atoms with Crippen molar-refractivity contribution >= 4 is 11.7 Å². The van der Waals surface area contributed by atoms with Crippen LogP contribution >= 0.6 is 0 Å². The van der Waals surface area contributed by atoms with Crippen LogP contribution in [0.5, 0.6) is 0 Å². The van der Waals surface area contributed by atoms with Crippen LogP contribution in [-0.4, -0.2) is 39.9 Å². The highest BCUT2D eigenvalue weighted by molar-refractivity contribution is 5.98. The number of hydrogen-bond donors (Lipinski definition) is 2. The van der Waals surface area contributed by atoms with E-state index in [4.69, 9.17) is 10.9 Å². The number of amides is 1. The van der Waals surface area contributed by atoms with E-state index in [1.165, 1.54) is 19.0 Å². The summed E-state index contributed by atoms with van der Waals surface area (Å²) in [6, 6.07) is 3.53. The van der Waals surface area contributed by atoms with Crippen LogP contribution in [-0.2, 0) is 0 Å². The Bertz CT molecular complexity index is 527. The molecular formula is C15H22N4O2. The second kappa shape index (κ2) is 6.56. The van der Waals surface area contributed by atoms with Crippen LogP contribution in [0.4, 0.5) is 0 Å². The van der Waals surface area contributed by atoms with Gasteiger partial charge in [0, 0.05) is 24.8 Å². The Hall–Kier alpha value is -2.11. The Labute approximate surface area is 124 Å². The zero-order chi connectivity index (χ0) is 15.4. The quantitative estimate of drug-likeness (QED) is 0.384. The summed E-state index contributed by atoms with van der Waals surface area (Å²) in [4.78, 5) is 18.4. The van der Waals surface area contributed by atoms with Crippen molar-refractivity contribution in [3.8, 4) is 0 Å². The topological polar surface area (TPSA) is 91.8 Å². The highest BCUT2D eigenvalue weighted by Crippen LogP contribution is 2.27. The van der Waals surface area contributed by atoms with Crippen LogP contribution in [0.1, 0.15) is 48.7 Å². The minimum absolute atomic E-state index is 0.0176. The molecule has 114 valence electrons. The molecule has 6 nitrogen and oxygen atoms in total. The van der Waals surface area contributed by atoms with Crippen molar-refractivity contribution in [2.75, 3.05) is 7.05 Å². The first-order valence-corrected chi connectivity index (χ1v) is 7.24. The molecule has 2 unspecified atom stereocenters. The van der Waals surface area contributed by atoms with Gasteiger partial charge in [-0.3, -0.25) is 9.78 Å². The minimum atomic E-state index is -0.0832. The van der Waals surface area contributed by atoms with Gasteiger partial charge in [0.15, 0.2) is 5.84 Å². The smallest absolute Gasteiger partial charge is 0.272 e. The van der Waals surface area contributed by atoms with Crippen LogP contribution in [0.15, 0.2) is 23.5 Å². The minimum Gasteiger partial charge on any atom is -0.409 e. The standard InChI is InChI=1S/C15H22N4O2/c1-10-4-3-5-12(8-10)19(2)15(20)13-7-6-11(9-17-13)14(16)18-21/h6-7,9-10,12,21H,3-5,8H2,1-2H3,(H2,16,18). The molecule has 2 rings (SSSR count). The summed E-state index contributed by atoms with van der Waals surface area (Å²) < 4.78 is 0. The van der Waals surface area contributed by atoms with Gasteiger partial charge in [-0.25, -0.2) is 0 Å². The summed E-state index contributed by atoms with van der Waals surface area (Å²) in [5, 5.41) is 11.5. The molecule has 1 aromatic heterocycles. The molecule has 0 radical (unpaired) electrons. The predicted octanol–water partition coefficient (Wildman–Crippen LogP) is 1.83. The molecule has 1 aliphatic carbocycles. The number of nitrogens with two attached hydrogens (primary N) is 1. The molecule has 0 aliphatic heterocycles. The molecule has 1 amide bonds. The lowest BCUT2D eigenvalue weighted by Gasteiger charge is -2.34. The zero-order valence-electron chi connectivity index (χ0n) is 12.5. The Kier molecular flexibility index (Phi) is 4.77. The maximum absolute atomic E-state index is 12.5. The van der Waals surface area contributed by atoms with Gasteiger partial charge in [-0.15, -0.1) is 0 Å². The highest BCUT2D eigenvalue weighted by Gasteiger charge is 2.26. The van der Waals surface area contributed by atoms with Gasteiger partial charge in [0.25, 0.3) is 5.91 Å². The van der Waals surface area contributed by atoms with Crippen molar-refractivity contribution in [1.29, 1.82) is 0 Å². The van der Waals surface area contributed by atoms with E-state index in [0.717, 1.165) is 12.8 Å². The normalized spacial score (nSPS) is 22.9. The molecule has 1 saturated carbocycles. The molecule has 0 aromatic carbocycles. The SMILES string of the molecule is CC1CCCC(N(C)C(=O)c2ccc(C(N)=NO)cn2)C1. The van der Waals surface area contributed by atoms with Crippen molar-refractivity contribution in [2.45, 2.75) is 38.6 Å². The Morgan fingerprint density at radius 2 is 2.24 bits per heavy atom. The number of pyridine rings is 1. The van der Waals surface area contributed by atoms with Gasteiger partial charge in [-0.05, 0) is 30.9 Å². The third-order valence-corrected chi connectivity index (χ3v) is 4.16. The highest BCUT2D eigenvalue weighted by atomic mass is 16.4. The van der Waals surface area contributed by atoms with Crippen molar-refractivity contribution in [3.63, 3.8) is 0 Å². The summed E-state index contributed by atoms with van der Waals surface area (Å²) in [7, 11) is 1.84. The first kappa shape index (κ1) is 15.3. The van der Waals surface area contributed by atoms with Crippen LogP contribution in [0.3, 0.4) is 0 Å². The Balaban J connectivity index is 2.08. The number of carbonyl (C=O) groups is 1. The van der Waals surface area contributed by atoms with E-state index in [-0.39, 0.29) is 17.8 Å². The van der Waals surface area contributed by atoms with Gasteiger partial charge in [-0.1, -0.05) is 24.9 Å². The van der Waals surface area contributed by atoms with E-state index < -0.39 is 0 Å². The first-order valence-electron chi connectivity index (χ1n) is 7.24. The zero-order valence-corrected chi connectivity index (χ0v) is 12.5. The molecule has 1 aliphatic rings. The van der Waals surface area contributed by atoms with Gasteiger partial charge in [0.05, 0.1) is 0 Å². The van der Waals surface area contributed by atoms with E-state index in [9.17, 15) is 4.79 Å². The molecule has 6 heteroatoms. The van der Waals surface area contributed by atoms with Crippen LogP contribution in [0.2, 0.25) is 0 Å². The number of nitrogens with zero attached hydrogens (tertiary/aromatic N) is 3. The molecule has 2 atom stereocenters. The Morgan fingerprint density at radius 3 is 2.81 bits per heavy atom. The van der Waals surface area contributed by atoms with E-state index in [1.807, 2.05) is 7.05 Å². The summed E-state index contributed by atoms with van der Waals surface area (Å²) >= 11 is 0. The fraction of sp³-hybridized carbons (Fsp3) is 0.533. The number of amidine groups is 1. The third-order valence-electron chi connectivity index (χ3n) is 4.16. The molecular weight excluding hydrogens is 268 g/mol. The van der Waals surface area contributed by atoms with E-state index >= 15 is 0 Å². The fourth-order valence-corrected chi connectivity index (χ4v) is 2.83. The first-order chi connectivity index (χ1) is 10.0. The fourth-order valence-electron chi connectivity index (χ4n) is 2.83. The lowest BCUT2D eigenvalue weighted by atomic mass is 9.86. The van der Waals surface area contributed by atoms with Crippen molar-refractivity contribution in [2.24, 2.45) is 16.8 Å². The van der Waals surface area contributed by atoms with Crippen molar-refractivity contribution in [1.82, 2.24) is 9.88 Å². The molecule has 0 saturated heterocycles. The lowest BCUT2D eigenvalue weighted by molar-refractivity contribution is 0.0666. The summed E-state index contributed by atoms with van der Waals surface area (Å²) in [5.41, 5.74) is 6.35. The molecule has 0 spiro atoms. The molecule has 1 heterocycles. The summed E-state index contributed by atoms with van der Waals surface area (Å²) in [6.45, 7) is 2.23. The van der Waals surface area contributed by atoms with Gasteiger partial charge in [-0.2, -0.15) is 0 Å². The maximum Gasteiger partial charge on any atom is 0.272 e. The molecule has 0 bridgehead atoms. The second-order valence-corrected chi connectivity index (χ2v) is 5.76. The molecule has 21 heavy (non-hydrogen) atoms. The van der Waals surface area contributed by atoms with E-state index in [2.05, 4.69) is 17.1 Å². The van der Waals surface area contributed by atoms with E-state index in [0.29, 0.717) is 17.2 Å². The molecule has 3 N–H and O–H groups in total. The number of carbonyl (C=O) groups excluding carboxylic acids is 1. The van der Waals surface area contributed by atoms with Gasteiger partial charge in [0.2, 0.25) is 0 Å². The molecule has 1 fully saturated rings. The largest absolute Gasteiger partial charge is 0.409 e. The number of hydrogen-bond acceptors (Lipinski definition) is 4. The monoisotopic (exact) mass is 290 g/mol. The second-order valence-electron chi connectivity index (χ2n) is 5.76. The average Bonchev–Trinajstić information content (AvgIpc) is 2.53. The number of aromatic nitrogens is 1. The van der Waals surface area contributed by atoms with Gasteiger partial charge in [0.1, 0.15) is 5.69 Å². The van der Waals surface area contributed by atoms with Gasteiger partial charge < -0.3 is 15.8 Å². The van der Waals surface area contributed by atoms with Crippen LogP contribution < -0.4 is 5.73 Å². The van der Waals surface area contributed by atoms with Crippen molar-refractivity contribution in [3.05, 3.63) is 29.6 Å². The summed E-state index contributed by atoms with van der Waals surface area (Å²) in [5.74, 6) is 0.561. The van der Waals surface area contributed by atoms with Crippen LogP contribution in [0.25, 0.3) is 0 Å². The van der Waals surface area contributed by atoms with Gasteiger partial charge >= 0.3 is 0 Å². The lowest BCUT2D eigenvalue weighted by Crippen LogP contribution is -2.40. The summed E-state index contributed by atoms with van der Waals surface area (Å²) in [6.07, 6.45) is 5.95. The maximum atomic E-state index is 12.5. The Morgan fingerprint density at radius 1 is 1.48 bits per heavy atom. The van der Waals surface area contributed by atoms with Crippen LogP contribution in [0, 0.1) is 5.92 Å². The number of oxime groups is 1. The number of rotatable bonds is 3. The van der Waals surface area contributed by atoms with Crippen molar-refractivity contribution < 1.29 is 10.0 Å².